The summed E-state index contributed by atoms with van der Waals surface area (Å²) in [6, 6.07) is 5.18. The van der Waals surface area contributed by atoms with Crippen LogP contribution in [-0.2, 0) is 0 Å². The van der Waals surface area contributed by atoms with Crippen LogP contribution in [0.25, 0.3) is 0 Å². The Kier molecular flexibility index (Phi) is 3.40. The fourth-order valence-electron chi connectivity index (χ4n) is 2.03. The van der Waals surface area contributed by atoms with Crippen LogP contribution in [0.4, 0.5) is 4.39 Å². The molecule has 1 aromatic carbocycles. The molecule has 1 unspecified atom stereocenters. The molecule has 1 atom stereocenters. The largest absolute Gasteiger partial charge is 0.205 e. The molecule has 0 heterocycles. The van der Waals surface area contributed by atoms with Crippen LogP contribution in [0, 0.1) is 17.1 Å². The minimum absolute atomic E-state index is 0.110. The van der Waals surface area contributed by atoms with Crippen LogP contribution in [0.2, 0.25) is 0 Å². The number of rotatable bonds is 1. The zero-order valence-corrected chi connectivity index (χ0v) is 10.3. The molecule has 1 aliphatic carbocycles. The van der Waals surface area contributed by atoms with Crippen molar-refractivity contribution >= 4 is 15.9 Å². The Morgan fingerprint density at radius 2 is 2.25 bits per heavy atom. The van der Waals surface area contributed by atoms with Gasteiger partial charge in [0.15, 0.2) is 0 Å². The fraction of sp³-hybridized carbons (Fsp3) is 0.308. The van der Waals surface area contributed by atoms with E-state index in [-0.39, 0.29) is 17.3 Å². The first-order valence-corrected chi connectivity index (χ1v) is 6.07. The van der Waals surface area contributed by atoms with Crippen LogP contribution in [0.1, 0.15) is 36.3 Å². The van der Waals surface area contributed by atoms with Crippen molar-refractivity contribution in [2.24, 2.45) is 0 Å². The van der Waals surface area contributed by atoms with E-state index < -0.39 is 0 Å². The van der Waals surface area contributed by atoms with Crippen LogP contribution in [-0.4, -0.2) is 0 Å². The molecule has 0 fully saturated rings. The molecule has 1 aliphatic rings. The maximum Gasteiger partial charge on any atom is 0.144 e. The molecule has 1 nitrogen and oxygen atoms in total. The van der Waals surface area contributed by atoms with E-state index in [4.69, 9.17) is 5.26 Å². The van der Waals surface area contributed by atoms with Crippen molar-refractivity contribution in [3.8, 4) is 6.07 Å². The summed E-state index contributed by atoms with van der Waals surface area (Å²) in [4.78, 5) is 0. The molecule has 1 aromatic rings. The number of halogens is 2. The second kappa shape index (κ2) is 4.80. The molecule has 0 amide bonds. The molecule has 0 radical (unpaired) electrons. The lowest BCUT2D eigenvalue weighted by Crippen LogP contribution is -2.04. The van der Waals surface area contributed by atoms with Gasteiger partial charge in [-0.05, 0) is 37.0 Å². The fourth-order valence-corrected chi connectivity index (χ4v) is 2.51. The molecule has 0 saturated carbocycles. The van der Waals surface area contributed by atoms with Crippen molar-refractivity contribution in [1.29, 1.82) is 5.26 Å². The first kappa shape index (κ1) is 11.3. The molecule has 0 aromatic heterocycles. The van der Waals surface area contributed by atoms with Crippen molar-refractivity contribution in [3.63, 3.8) is 0 Å². The second-order valence-corrected chi connectivity index (χ2v) is 4.85. The van der Waals surface area contributed by atoms with Gasteiger partial charge in [-0.1, -0.05) is 28.1 Å². The predicted molar refractivity (Wildman–Crippen MR) is 64.5 cm³/mol. The van der Waals surface area contributed by atoms with Gasteiger partial charge in [0, 0.05) is 10.4 Å². The Labute approximate surface area is 103 Å². The van der Waals surface area contributed by atoms with Crippen molar-refractivity contribution in [1.82, 2.24) is 0 Å². The highest BCUT2D eigenvalue weighted by molar-refractivity contribution is 9.10. The Balaban J connectivity index is 2.47. The second-order valence-electron chi connectivity index (χ2n) is 3.93. The smallest absolute Gasteiger partial charge is 0.144 e. The van der Waals surface area contributed by atoms with Gasteiger partial charge in [0.05, 0.1) is 5.56 Å². The van der Waals surface area contributed by atoms with E-state index >= 15 is 0 Å². The van der Waals surface area contributed by atoms with Gasteiger partial charge >= 0.3 is 0 Å². The van der Waals surface area contributed by atoms with Gasteiger partial charge in [-0.3, -0.25) is 0 Å². The van der Waals surface area contributed by atoms with E-state index in [9.17, 15) is 4.39 Å². The number of nitriles is 1. The van der Waals surface area contributed by atoms with Crippen LogP contribution in [0.15, 0.2) is 28.8 Å². The summed E-state index contributed by atoms with van der Waals surface area (Å²) in [6.07, 6.45) is 7.22. The first-order chi connectivity index (χ1) is 7.72. The maximum absolute atomic E-state index is 14.0. The summed E-state index contributed by atoms with van der Waals surface area (Å²) in [7, 11) is 0. The molecule has 16 heavy (non-hydrogen) atoms. The maximum atomic E-state index is 14.0. The minimum Gasteiger partial charge on any atom is -0.205 e. The van der Waals surface area contributed by atoms with Crippen molar-refractivity contribution in [2.75, 3.05) is 0 Å². The summed E-state index contributed by atoms with van der Waals surface area (Å²) >= 11 is 3.31. The van der Waals surface area contributed by atoms with Crippen LogP contribution >= 0.6 is 15.9 Å². The number of hydrogen-bond donors (Lipinski definition) is 0. The van der Waals surface area contributed by atoms with Crippen molar-refractivity contribution in [3.05, 3.63) is 45.7 Å². The lowest BCUT2D eigenvalue weighted by molar-refractivity contribution is 0.571. The summed E-state index contributed by atoms with van der Waals surface area (Å²) in [5, 5.41) is 8.84. The number of nitrogens with zero attached hydrogens (tertiary/aromatic N) is 1. The van der Waals surface area contributed by atoms with Gasteiger partial charge in [-0.25, -0.2) is 4.39 Å². The van der Waals surface area contributed by atoms with E-state index in [0.29, 0.717) is 5.56 Å². The van der Waals surface area contributed by atoms with Crippen LogP contribution < -0.4 is 0 Å². The third-order valence-electron chi connectivity index (χ3n) is 2.84. The highest BCUT2D eigenvalue weighted by atomic mass is 79.9. The average Bonchev–Trinajstić information content (AvgIpc) is 2.33. The van der Waals surface area contributed by atoms with Crippen molar-refractivity contribution < 1.29 is 4.39 Å². The normalized spacial score (nSPS) is 19.4. The Morgan fingerprint density at radius 3 is 2.88 bits per heavy atom. The third-order valence-corrected chi connectivity index (χ3v) is 3.30. The van der Waals surface area contributed by atoms with Gasteiger partial charge in [0.2, 0.25) is 0 Å². The zero-order chi connectivity index (χ0) is 11.5. The Bertz CT molecular complexity index is 474. The quantitative estimate of drug-likeness (QED) is 0.704. The molecular formula is C13H11BrFN. The van der Waals surface area contributed by atoms with E-state index in [2.05, 4.69) is 22.0 Å². The lowest BCUT2D eigenvalue weighted by atomic mass is 9.88. The predicted octanol–water partition coefficient (Wildman–Crippen LogP) is 4.28. The molecule has 0 aliphatic heterocycles. The Hall–Kier alpha value is -1.14. The third kappa shape index (κ3) is 2.17. The van der Waals surface area contributed by atoms with E-state index in [1.165, 1.54) is 6.07 Å². The van der Waals surface area contributed by atoms with E-state index in [1.807, 2.05) is 12.1 Å². The van der Waals surface area contributed by atoms with Gasteiger partial charge in [0.1, 0.15) is 11.9 Å². The SMILES string of the molecule is N#Cc1cc(Br)cc(C2C=CCCC2)c1F. The van der Waals surface area contributed by atoms with Gasteiger partial charge in [-0.2, -0.15) is 5.26 Å². The summed E-state index contributed by atoms with van der Waals surface area (Å²) in [6.45, 7) is 0. The molecule has 2 rings (SSSR count). The molecule has 0 saturated heterocycles. The summed E-state index contributed by atoms with van der Waals surface area (Å²) in [5.74, 6) is -0.263. The minimum atomic E-state index is -0.373. The van der Waals surface area contributed by atoms with E-state index in [1.54, 1.807) is 6.07 Å². The monoisotopic (exact) mass is 279 g/mol. The molecular weight excluding hydrogens is 269 g/mol. The topological polar surface area (TPSA) is 23.8 Å². The van der Waals surface area contributed by atoms with Crippen LogP contribution in [0.5, 0.6) is 0 Å². The molecule has 0 bridgehead atoms. The number of benzene rings is 1. The highest BCUT2D eigenvalue weighted by Crippen LogP contribution is 2.32. The lowest BCUT2D eigenvalue weighted by Gasteiger charge is -2.18. The van der Waals surface area contributed by atoms with Gasteiger partial charge in [-0.15, -0.1) is 0 Å². The summed E-state index contributed by atoms with van der Waals surface area (Å²) < 4.78 is 14.7. The van der Waals surface area contributed by atoms with Crippen molar-refractivity contribution in [2.45, 2.75) is 25.2 Å². The highest BCUT2D eigenvalue weighted by Gasteiger charge is 2.18. The molecule has 0 spiro atoms. The van der Waals surface area contributed by atoms with Gasteiger partial charge in [0.25, 0.3) is 0 Å². The number of allylic oxidation sites excluding steroid dienone is 2. The molecule has 0 N–H and O–H groups in total. The standard InChI is InChI=1S/C13H11BrFN/c14-11-6-10(8-16)13(15)12(7-11)9-4-2-1-3-5-9/h2,4,6-7,9H,1,3,5H2. The van der Waals surface area contributed by atoms with Gasteiger partial charge < -0.3 is 0 Å². The average molecular weight is 280 g/mol. The molecule has 3 heteroatoms. The number of hydrogen-bond acceptors (Lipinski definition) is 1. The Morgan fingerprint density at radius 1 is 1.44 bits per heavy atom. The summed E-state index contributed by atoms with van der Waals surface area (Å²) in [5.41, 5.74) is 0.741. The zero-order valence-electron chi connectivity index (χ0n) is 8.71. The molecule has 82 valence electrons. The van der Waals surface area contributed by atoms with E-state index in [0.717, 1.165) is 23.7 Å². The first-order valence-electron chi connectivity index (χ1n) is 5.28. The van der Waals surface area contributed by atoms with Crippen LogP contribution in [0.3, 0.4) is 0 Å².